The number of rotatable bonds is 4. The van der Waals surface area contributed by atoms with Crippen molar-refractivity contribution in [2.75, 3.05) is 18.0 Å². The Balaban J connectivity index is 1.49. The number of benzene rings is 2. The highest BCUT2D eigenvalue weighted by molar-refractivity contribution is 5.91. The van der Waals surface area contributed by atoms with E-state index in [0.29, 0.717) is 0 Å². The molecule has 1 aromatic heterocycles. The minimum absolute atomic E-state index is 0.893. The summed E-state index contributed by atoms with van der Waals surface area (Å²) in [4.78, 5) is 4.75. The zero-order chi connectivity index (χ0) is 20.1. The number of anilines is 1. The Morgan fingerprint density at radius 2 is 1.83 bits per heavy atom. The standard InChI is InChI=1S/C26H29N3/c1-5-20-8-9-21-17-29(18(2)24(21)14-20)23-10-11-25-22(15-23)16-26(27(25)4)19(3)28-12-6-7-13-28/h8-11,14-16H,2-3,5-7,12-13,17H2,1,4H3. The van der Waals surface area contributed by atoms with Crippen LogP contribution in [-0.4, -0.2) is 22.6 Å². The van der Waals surface area contributed by atoms with Crippen molar-refractivity contribution in [3.8, 4) is 0 Å². The summed E-state index contributed by atoms with van der Waals surface area (Å²) < 4.78 is 2.28. The van der Waals surface area contributed by atoms with Crippen LogP contribution in [0.3, 0.4) is 0 Å². The van der Waals surface area contributed by atoms with E-state index in [4.69, 9.17) is 0 Å². The summed E-state index contributed by atoms with van der Waals surface area (Å²) in [7, 11) is 2.15. The number of aromatic nitrogens is 1. The summed E-state index contributed by atoms with van der Waals surface area (Å²) in [5, 5.41) is 1.26. The van der Waals surface area contributed by atoms with Gasteiger partial charge in [0.05, 0.1) is 11.4 Å². The van der Waals surface area contributed by atoms with E-state index in [0.717, 1.165) is 37.4 Å². The number of nitrogens with zero attached hydrogens (tertiary/aromatic N) is 3. The molecule has 5 rings (SSSR count). The predicted molar refractivity (Wildman–Crippen MR) is 124 cm³/mol. The second-order valence-corrected chi connectivity index (χ2v) is 8.35. The minimum atomic E-state index is 0.893. The fourth-order valence-electron chi connectivity index (χ4n) is 4.84. The average molecular weight is 384 g/mol. The van der Waals surface area contributed by atoms with Crippen molar-refractivity contribution in [1.29, 1.82) is 0 Å². The number of likely N-dealkylation sites (tertiary alicyclic amines) is 1. The van der Waals surface area contributed by atoms with Crippen LogP contribution in [0.25, 0.3) is 22.3 Å². The number of aryl methyl sites for hydroxylation is 2. The van der Waals surface area contributed by atoms with Crippen molar-refractivity contribution in [2.24, 2.45) is 7.05 Å². The molecule has 148 valence electrons. The molecule has 0 saturated carbocycles. The van der Waals surface area contributed by atoms with E-state index in [9.17, 15) is 0 Å². The van der Waals surface area contributed by atoms with Gasteiger partial charge >= 0.3 is 0 Å². The van der Waals surface area contributed by atoms with Crippen molar-refractivity contribution >= 4 is 28.0 Å². The van der Waals surface area contributed by atoms with Crippen LogP contribution in [0, 0.1) is 0 Å². The van der Waals surface area contributed by atoms with Gasteiger partial charge in [-0.1, -0.05) is 32.2 Å². The average Bonchev–Trinajstić information content (AvgIpc) is 3.46. The first-order valence-electron chi connectivity index (χ1n) is 10.7. The number of hydrogen-bond acceptors (Lipinski definition) is 2. The predicted octanol–water partition coefficient (Wildman–Crippen LogP) is 5.80. The molecule has 3 aromatic rings. The molecule has 0 unspecified atom stereocenters. The highest BCUT2D eigenvalue weighted by atomic mass is 15.2. The molecule has 0 bridgehead atoms. The van der Waals surface area contributed by atoms with Gasteiger partial charge in [-0.15, -0.1) is 0 Å². The van der Waals surface area contributed by atoms with Gasteiger partial charge in [0, 0.05) is 54.5 Å². The maximum atomic E-state index is 4.41. The Morgan fingerprint density at radius 3 is 2.59 bits per heavy atom. The van der Waals surface area contributed by atoms with E-state index in [1.54, 1.807) is 0 Å². The molecule has 2 aromatic carbocycles. The van der Waals surface area contributed by atoms with Gasteiger partial charge in [-0.2, -0.15) is 0 Å². The summed E-state index contributed by atoms with van der Waals surface area (Å²) in [6.45, 7) is 14.2. The second kappa shape index (κ2) is 6.84. The van der Waals surface area contributed by atoms with Crippen LogP contribution in [0.1, 0.15) is 42.1 Å². The maximum absolute atomic E-state index is 4.41. The monoisotopic (exact) mass is 383 g/mol. The smallest absolute Gasteiger partial charge is 0.0646 e. The van der Waals surface area contributed by atoms with Gasteiger partial charge in [-0.3, -0.25) is 0 Å². The Bertz CT molecular complexity index is 1130. The molecule has 0 atom stereocenters. The molecule has 3 heterocycles. The molecule has 3 nitrogen and oxygen atoms in total. The zero-order valence-corrected chi connectivity index (χ0v) is 17.5. The Kier molecular flexibility index (Phi) is 4.27. The van der Waals surface area contributed by atoms with E-state index in [-0.39, 0.29) is 0 Å². The van der Waals surface area contributed by atoms with Crippen LogP contribution < -0.4 is 4.90 Å². The topological polar surface area (TPSA) is 11.4 Å². The molecule has 0 N–H and O–H groups in total. The lowest BCUT2D eigenvalue weighted by Crippen LogP contribution is -2.18. The number of fused-ring (bicyclic) bond motifs is 2. The second-order valence-electron chi connectivity index (χ2n) is 8.35. The van der Waals surface area contributed by atoms with Crippen LogP contribution in [-0.2, 0) is 20.0 Å². The summed E-state index contributed by atoms with van der Waals surface area (Å²) in [6.07, 6.45) is 3.59. The first-order chi connectivity index (χ1) is 14.1. The molecule has 2 aliphatic heterocycles. The normalized spacial score (nSPS) is 16.1. The SMILES string of the molecule is C=C(c1cc2cc(N3Cc4ccc(CC)cc4C3=C)ccc2n1C)N1CCCC1. The van der Waals surface area contributed by atoms with E-state index in [1.165, 1.54) is 51.8 Å². The van der Waals surface area contributed by atoms with Crippen molar-refractivity contribution in [2.45, 2.75) is 32.7 Å². The largest absolute Gasteiger partial charge is 0.370 e. The van der Waals surface area contributed by atoms with Crippen LogP contribution in [0.2, 0.25) is 0 Å². The number of hydrogen-bond donors (Lipinski definition) is 0. The lowest BCUT2D eigenvalue weighted by Gasteiger charge is -2.21. The third-order valence-electron chi connectivity index (χ3n) is 6.67. The van der Waals surface area contributed by atoms with E-state index in [2.05, 4.69) is 84.0 Å². The van der Waals surface area contributed by atoms with Gasteiger partial charge < -0.3 is 14.4 Å². The van der Waals surface area contributed by atoms with Crippen molar-refractivity contribution in [3.63, 3.8) is 0 Å². The van der Waals surface area contributed by atoms with Crippen LogP contribution in [0.5, 0.6) is 0 Å². The molecule has 3 heteroatoms. The molecule has 29 heavy (non-hydrogen) atoms. The molecule has 0 radical (unpaired) electrons. The molecule has 2 aliphatic rings. The van der Waals surface area contributed by atoms with Crippen molar-refractivity contribution < 1.29 is 0 Å². The first kappa shape index (κ1) is 18.1. The summed E-state index contributed by atoms with van der Waals surface area (Å²) >= 11 is 0. The molecule has 1 fully saturated rings. The fraction of sp³-hybridized carbons (Fsp3) is 0.308. The van der Waals surface area contributed by atoms with E-state index >= 15 is 0 Å². The highest BCUT2D eigenvalue weighted by Gasteiger charge is 2.24. The molecule has 0 spiro atoms. The molecular weight excluding hydrogens is 354 g/mol. The fourth-order valence-corrected chi connectivity index (χ4v) is 4.84. The van der Waals surface area contributed by atoms with Gasteiger partial charge in [0.25, 0.3) is 0 Å². The maximum Gasteiger partial charge on any atom is 0.0646 e. The molecule has 0 amide bonds. The summed E-state index contributed by atoms with van der Waals surface area (Å²) in [5.41, 5.74) is 9.95. The summed E-state index contributed by atoms with van der Waals surface area (Å²) in [5.74, 6) is 0. The highest BCUT2D eigenvalue weighted by Crippen LogP contribution is 2.38. The quantitative estimate of drug-likeness (QED) is 0.564. The third kappa shape index (κ3) is 2.88. The van der Waals surface area contributed by atoms with Crippen LogP contribution >= 0.6 is 0 Å². The van der Waals surface area contributed by atoms with E-state index < -0.39 is 0 Å². The lowest BCUT2D eigenvalue weighted by molar-refractivity contribution is 0.490. The minimum Gasteiger partial charge on any atom is -0.370 e. The Labute approximate surface area is 173 Å². The van der Waals surface area contributed by atoms with Gasteiger partial charge in [-0.25, -0.2) is 0 Å². The van der Waals surface area contributed by atoms with Gasteiger partial charge in [0.2, 0.25) is 0 Å². The van der Waals surface area contributed by atoms with E-state index in [1.807, 2.05) is 0 Å². The van der Waals surface area contributed by atoms with Gasteiger partial charge in [-0.05, 0) is 60.7 Å². The first-order valence-corrected chi connectivity index (χ1v) is 10.7. The van der Waals surface area contributed by atoms with Gasteiger partial charge in [0.1, 0.15) is 0 Å². The molecular formula is C26H29N3. The van der Waals surface area contributed by atoms with Crippen molar-refractivity contribution in [1.82, 2.24) is 9.47 Å². The summed E-state index contributed by atoms with van der Waals surface area (Å²) in [6, 6.07) is 15.9. The Hall–Kier alpha value is -2.94. The van der Waals surface area contributed by atoms with Gasteiger partial charge in [0.15, 0.2) is 0 Å². The lowest BCUT2D eigenvalue weighted by atomic mass is 10.0. The zero-order valence-electron chi connectivity index (χ0n) is 17.5. The van der Waals surface area contributed by atoms with Crippen LogP contribution in [0.15, 0.2) is 55.6 Å². The Morgan fingerprint density at radius 1 is 1.03 bits per heavy atom. The molecule has 1 saturated heterocycles. The molecule has 0 aliphatic carbocycles. The van der Waals surface area contributed by atoms with Crippen LogP contribution in [0.4, 0.5) is 5.69 Å². The third-order valence-corrected chi connectivity index (χ3v) is 6.67. The van der Waals surface area contributed by atoms with Crippen molar-refractivity contribution in [3.05, 3.63) is 78.0 Å².